The molecule has 4 aliphatic rings. The molecule has 0 bridgehead atoms. The molecule has 2 aromatic heterocycles. The van der Waals surface area contributed by atoms with Gasteiger partial charge in [-0.3, -0.25) is 0 Å². The molecule has 2 heterocycles. The van der Waals surface area contributed by atoms with Crippen molar-refractivity contribution in [2.75, 3.05) is 9.80 Å². The van der Waals surface area contributed by atoms with Gasteiger partial charge in [0.1, 0.15) is 11.2 Å². The molecule has 78 heavy (non-hydrogen) atoms. The van der Waals surface area contributed by atoms with E-state index < -0.39 is 0 Å². The van der Waals surface area contributed by atoms with E-state index in [1.807, 2.05) is 0 Å². The van der Waals surface area contributed by atoms with E-state index >= 15 is 0 Å². The number of hydrogen-bond acceptors (Lipinski definition) is 4. The second kappa shape index (κ2) is 19.1. The summed E-state index contributed by atoms with van der Waals surface area (Å²) in [6.45, 7) is 0. The highest BCUT2D eigenvalue weighted by Gasteiger charge is 2.29. The van der Waals surface area contributed by atoms with E-state index in [1.165, 1.54) is 192 Å². The quantitative estimate of drug-likeness (QED) is 0.128. The molecule has 0 N–H and O–H groups in total. The van der Waals surface area contributed by atoms with Crippen LogP contribution in [0, 0.1) is 0 Å². The third kappa shape index (κ3) is 7.60. The molecule has 0 spiro atoms. The average molecular weight is 1020 g/mol. The highest BCUT2D eigenvalue weighted by atomic mass is 16.3. The van der Waals surface area contributed by atoms with Gasteiger partial charge in [-0.15, -0.1) is 0 Å². The summed E-state index contributed by atoms with van der Waals surface area (Å²) in [7, 11) is 0. The van der Waals surface area contributed by atoms with E-state index in [0.29, 0.717) is 23.7 Å². The fourth-order valence-corrected chi connectivity index (χ4v) is 15.8. The first-order valence-corrected chi connectivity index (χ1v) is 30.1. The lowest BCUT2D eigenvalue weighted by Gasteiger charge is -2.30. The molecular formula is C74H68N2O2. The fraction of sp³-hybridized carbons (Fsp3) is 0.297. The Kier molecular flexibility index (Phi) is 11.4. The lowest BCUT2D eigenvalue weighted by molar-refractivity contribution is 0.443. The summed E-state index contributed by atoms with van der Waals surface area (Å²) in [5.74, 6) is 2.34. The second-order valence-corrected chi connectivity index (χ2v) is 24.0. The molecule has 386 valence electrons. The molecule has 12 aromatic rings. The maximum absolute atomic E-state index is 7.29. The lowest BCUT2D eigenvalue weighted by atomic mass is 9.84. The number of anilines is 6. The Bertz CT molecular complexity index is 3920. The number of fused-ring (bicyclic) bond motifs is 6. The summed E-state index contributed by atoms with van der Waals surface area (Å²) in [5, 5.41) is 12.3. The van der Waals surface area contributed by atoms with Gasteiger partial charge >= 0.3 is 0 Å². The normalized spacial score (nSPS) is 17.4. The van der Waals surface area contributed by atoms with Crippen LogP contribution in [0.4, 0.5) is 34.1 Å². The molecule has 4 heteroatoms. The lowest BCUT2D eigenvalue weighted by Crippen LogP contribution is -2.12. The van der Waals surface area contributed by atoms with Gasteiger partial charge in [0.25, 0.3) is 0 Å². The Balaban J connectivity index is 0.905. The summed E-state index contributed by atoms with van der Waals surface area (Å²) in [6.07, 6.45) is 23.2. The van der Waals surface area contributed by atoms with Crippen LogP contribution in [0.25, 0.3) is 76.2 Å². The molecule has 16 rings (SSSR count). The van der Waals surface area contributed by atoms with Gasteiger partial charge in [-0.2, -0.15) is 0 Å². The van der Waals surface area contributed by atoms with Gasteiger partial charge in [-0.25, -0.2) is 0 Å². The number of para-hydroxylation sites is 4. The minimum Gasteiger partial charge on any atom is -0.454 e. The standard InChI is InChI=1S/C74H68N2O2/c1-3-15-47(16-4-1)49-31-39-55(40-32-49)75(67-29-13-27-61-59-25-11-23-57(51-19-7-8-20-51)71(59)77-73(61)67)65-45-37-53-36-44-64-66(46-38-54-35-43-63(65)69(53)70(54)64)76(56-41-33-50(34-42-56)48-17-5-2-6-18-48)68-30-14-28-62-60-26-12-24-58(52-21-9-10-22-52)72(60)78-74(62)68/h11-14,23-48,51-52H,1-10,15-22H2. The van der Waals surface area contributed by atoms with Crippen molar-refractivity contribution in [3.63, 3.8) is 0 Å². The van der Waals surface area contributed by atoms with Crippen LogP contribution in [-0.2, 0) is 0 Å². The van der Waals surface area contributed by atoms with Crippen LogP contribution in [0.15, 0.2) is 179 Å². The van der Waals surface area contributed by atoms with Crippen molar-refractivity contribution in [2.24, 2.45) is 0 Å². The molecule has 0 amide bonds. The zero-order chi connectivity index (χ0) is 51.3. The topological polar surface area (TPSA) is 32.8 Å². The van der Waals surface area contributed by atoms with Crippen LogP contribution in [0.2, 0.25) is 0 Å². The zero-order valence-electron chi connectivity index (χ0n) is 44.9. The third-order valence-electron chi connectivity index (χ3n) is 19.7. The fourth-order valence-electron chi connectivity index (χ4n) is 15.8. The first-order valence-electron chi connectivity index (χ1n) is 30.1. The molecule has 0 atom stereocenters. The van der Waals surface area contributed by atoms with E-state index in [2.05, 4.69) is 180 Å². The zero-order valence-corrected chi connectivity index (χ0v) is 44.9. The maximum atomic E-state index is 7.29. The molecule has 0 radical (unpaired) electrons. The van der Waals surface area contributed by atoms with E-state index in [1.54, 1.807) is 0 Å². The van der Waals surface area contributed by atoms with E-state index in [9.17, 15) is 0 Å². The minimum atomic E-state index is 0.543. The van der Waals surface area contributed by atoms with E-state index in [-0.39, 0.29) is 0 Å². The van der Waals surface area contributed by atoms with Crippen LogP contribution in [0.1, 0.15) is 162 Å². The summed E-state index contributed by atoms with van der Waals surface area (Å²) >= 11 is 0. The molecule has 0 aliphatic heterocycles. The van der Waals surface area contributed by atoms with Crippen molar-refractivity contribution in [3.05, 3.63) is 192 Å². The van der Waals surface area contributed by atoms with Gasteiger partial charge in [0.15, 0.2) is 11.2 Å². The monoisotopic (exact) mass is 1020 g/mol. The number of hydrogen-bond donors (Lipinski definition) is 0. The SMILES string of the molecule is c1cc(C2CCCC2)c2oc3c(N(c4ccc(C5CCCCC5)cc4)c4ccc5ccc6c(N(c7ccc(C8CCCCC8)cc7)c7cccc8c7oc7c(C9CCCC9)cccc78)ccc7ccc4c5c76)cccc3c2c1. The summed E-state index contributed by atoms with van der Waals surface area (Å²) in [4.78, 5) is 5.03. The van der Waals surface area contributed by atoms with Gasteiger partial charge in [-0.05, 0) is 167 Å². The van der Waals surface area contributed by atoms with Crippen molar-refractivity contribution in [1.29, 1.82) is 0 Å². The van der Waals surface area contributed by atoms with Crippen LogP contribution >= 0.6 is 0 Å². The molecule has 4 saturated carbocycles. The molecule has 0 unspecified atom stereocenters. The number of rotatable bonds is 10. The molecule has 4 fully saturated rings. The first kappa shape index (κ1) is 46.5. The van der Waals surface area contributed by atoms with Gasteiger partial charge < -0.3 is 18.6 Å². The maximum Gasteiger partial charge on any atom is 0.159 e. The highest BCUT2D eigenvalue weighted by Crippen LogP contribution is 2.52. The van der Waals surface area contributed by atoms with Crippen molar-refractivity contribution in [3.8, 4) is 0 Å². The summed E-state index contributed by atoms with van der Waals surface area (Å²) in [5.41, 5.74) is 16.4. The number of nitrogens with zero attached hydrogens (tertiary/aromatic N) is 2. The van der Waals surface area contributed by atoms with Gasteiger partial charge in [0, 0.05) is 43.7 Å². The average Bonchev–Trinajstić information content (AvgIpc) is 4.41. The van der Waals surface area contributed by atoms with Crippen LogP contribution < -0.4 is 9.80 Å². The Morgan fingerprint density at radius 2 is 0.615 bits per heavy atom. The largest absolute Gasteiger partial charge is 0.454 e. The van der Waals surface area contributed by atoms with E-state index in [4.69, 9.17) is 8.83 Å². The predicted molar refractivity (Wildman–Crippen MR) is 328 cm³/mol. The Morgan fingerprint density at radius 1 is 0.269 bits per heavy atom. The third-order valence-corrected chi connectivity index (χ3v) is 19.7. The van der Waals surface area contributed by atoms with Gasteiger partial charge in [0.05, 0.1) is 22.7 Å². The Hall–Kier alpha value is -7.56. The highest BCUT2D eigenvalue weighted by molar-refractivity contribution is 6.29. The smallest absolute Gasteiger partial charge is 0.159 e. The van der Waals surface area contributed by atoms with Crippen molar-refractivity contribution in [1.82, 2.24) is 0 Å². The molecular weight excluding hydrogens is 949 g/mol. The summed E-state index contributed by atoms with van der Waals surface area (Å²) in [6, 6.07) is 65.5. The molecule has 4 aliphatic carbocycles. The molecule has 10 aromatic carbocycles. The predicted octanol–water partition coefficient (Wildman–Crippen LogP) is 22.7. The van der Waals surface area contributed by atoms with Gasteiger partial charge in [-0.1, -0.05) is 186 Å². The molecule has 4 nitrogen and oxygen atoms in total. The Labute approximate surface area is 458 Å². The number of benzene rings is 10. The van der Waals surface area contributed by atoms with Crippen LogP contribution in [-0.4, -0.2) is 0 Å². The van der Waals surface area contributed by atoms with Crippen molar-refractivity contribution in [2.45, 2.75) is 139 Å². The first-order chi connectivity index (χ1) is 38.7. The van der Waals surface area contributed by atoms with Gasteiger partial charge in [0.2, 0.25) is 0 Å². The van der Waals surface area contributed by atoms with E-state index in [0.717, 1.165) is 56.5 Å². The van der Waals surface area contributed by atoms with Crippen LogP contribution in [0.5, 0.6) is 0 Å². The van der Waals surface area contributed by atoms with Crippen molar-refractivity contribution < 1.29 is 8.83 Å². The minimum absolute atomic E-state index is 0.543. The Morgan fingerprint density at radius 3 is 1.03 bits per heavy atom. The van der Waals surface area contributed by atoms with Crippen molar-refractivity contribution >= 4 is 110 Å². The molecule has 0 saturated heterocycles. The second-order valence-electron chi connectivity index (χ2n) is 24.0. The summed E-state index contributed by atoms with van der Waals surface area (Å²) < 4.78 is 14.6. The number of furan rings is 2. The van der Waals surface area contributed by atoms with Crippen LogP contribution in [0.3, 0.4) is 0 Å².